The third-order valence-corrected chi connectivity index (χ3v) is 4.04. The van der Waals surface area contributed by atoms with Gasteiger partial charge in [0.25, 0.3) is 0 Å². The molecule has 112 valence electrons. The molecule has 1 aliphatic rings. The summed E-state index contributed by atoms with van der Waals surface area (Å²) in [6.07, 6.45) is 0.267. The Labute approximate surface area is 123 Å². The smallest absolute Gasteiger partial charge is 0.408 e. The zero-order valence-corrected chi connectivity index (χ0v) is 12.3. The number of imidazole rings is 1. The number of nitrogens with zero attached hydrogens (tertiary/aromatic N) is 2. The molecule has 1 saturated heterocycles. The maximum Gasteiger partial charge on any atom is 0.410 e. The normalized spacial score (nSPS) is 19.5. The van der Waals surface area contributed by atoms with Crippen LogP contribution >= 0.6 is 0 Å². The van der Waals surface area contributed by atoms with Crippen LogP contribution in [0.4, 0.5) is 4.79 Å². The Balaban J connectivity index is 1.89. The Hall–Kier alpha value is -2.08. The molecule has 0 bridgehead atoms. The minimum absolute atomic E-state index is 0.390. The standard InChI is InChI=1S/C15H20N4O2/c1-9(2)19-7-6-10(8-19)14-17-11-4-3-5-12(13(11)18-14)21-15(16)20/h3-5,9-10H,6-8H2,1-2H3,(H2,16,20)(H,17,18). The van der Waals surface area contributed by atoms with E-state index in [2.05, 4.69) is 28.7 Å². The van der Waals surface area contributed by atoms with E-state index in [4.69, 9.17) is 10.5 Å². The van der Waals surface area contributed by atoms with Crippen LogP contribution in [0.25, 0.3) is 11.0 Å². The second-order valence-electron chi connectivity index (χ2n) is 5.77. The fourth-order valence-electron chi connectivity index (χ4n) is 2.89. The molecule has 0 saturated carbocycles. The third-order valence-electron chi connectivity index (χ3n) is 4.04. The summed E-state index contributed by atoms with van der Waals surface area (Å²) in [6, 6.07) is 5.99. The topological polar surface area (TPSA) is 84.2 Å². The monoisotopic (exact) mass is 288 g/mol. The van der Waals surface area contributed by atoms with E-state index in [-0.39, 0.29) is 0 Å². The van der Waals surface area contributed by atoms with Crippen LogP contribution < -0.4 is 10.5 Å². The molecular weight excluding hydrogens is 268 g/mol. The van der Waals surface area contributed by atoms with Crippen molar-refractivity contribution in [3.8, 4) is 5.75 Å². The van der Waals surface area contributed by atoms with Gasteiger partial charge in [-0.3, -0.25) is 0 Å². The van der Waals surface area contributed by atoms with E-state index >= 15 is 0 Å². The van der Waals surface area contributed by atoms with Gasteiger partial charge < -0.3 is 20.4 Å². The molecule has 0 radical (unpaired) electrons. The lowest BCUT2D eigenvalue weighted by atomic mass is 10.1. The van der Waals surface area contributed by atoms with Gasteiger partial charge in [0.15, 0.2) is 5.75 Å². The lowest BCUT2D eigenvalue weighted by molar-refractivity contribution is 0.211. The summed E-state index contributed by atoms with van der Waals surface area (Å²) in [6.45, 7) is 6.51. The van der Waals surface area contributed by atoms with Crippen molar-refractivity contribution >= 4 is 17.1 Å². The van der Waals surface area contributed by atoms with Crippen LogP contribution in [0, 0.1) is 0 Å². The number of ether oxygens (including phenoxy) is 1. The first-order chi connectivity index (χ1) is 10.0. The molecule has 1 aliphatic heterocycles. The second kappa shape index (κ2) is 5.37. The number of amides is 1. The quantitative estimate of drug-likeness (QED) is 0.907. The number of hydrogen-bond acceptors (Lipinski definition) is 4. The molecule has 0 aliphatic carbocycles. The number of likely N-dealkylation sites (tertiary alicyclic amines) is 1. The van der Waals surface area contributed by atoms with Crippen molar-refractivity contribution in [2.75, 3.05) is 13.1 Å². The summed E-state index contributed by atoms with van der Waals surface area (Å²) in [5.41, 5.74) is 6.62. The van der Waals surface area contributed by atoms with Gasteiger partial charge in [-0.25, -0.2) is 9.78 Å². The molecule has 1 unspecified atom stereocenters. The van der Waals surface area contributed by atoms with E-state index in [1.807, 2.05) is 12.1 Å². The molecule has 6 heteroatoms. The number of aromatic nitrogens is 2. The zero-order chi connectivity index (χ0) is 15.0. The fourth-order valence-corrected chi connectivity index (χ4v) is 2.89. The number of nitrogens with one attached hydrogen (secondary N) is 1. The predicted octanol–water partition coefficient (Wildman–Crippen LogP) is 2.22. The minimum atomic E-state index is -0.820. The Bertz CT molecular complexity index is 665. The summed E-state index contributed by atoms with van der Waals surface area (Å²) < 4.78 is 5.01. The average molecular weight is 288 g/mol. The average Bonchev–Trinajstić information content (AvgIpc) is 3.05. The highest BCUT2D eigenvalue weighted by Crippen LogP contribution is 2.30. The summed E-state index contributed by atoms with van der Waals surface area (Å²) in [4.78, 5) is 21.4. The van der Waals surface area contributed by atoms with Crippen molar-refractivity contribution in [2.45, 2.75) is 32.2 Å². The highest BCUT2D eigenvalue weighted by Gasteiger charge is 2.28. The summed E-state index contributed by atoms with van der Waals surface area (Å²) in [5, 5.41) is 0. The van der Waals surface area contributed by atoms with E-state index in [0.717, 1.165) is 30.9 Å². The van der Waals surface area contributed by atoms with Gasteiger partial charge in [-0.15, -0.1) is 0 Å². The van der Waals surface area contributed by atoms with Crippen LogP contribution in [0.3, 0.4) is 0 Å². The molecule has 1 atom stereocenters. The Kier molecular flexibility index (Phi) is 3.55. The van der Waals surface area contributed by atoms with Crippen LogP contribution in [-0.4, -0.2) is 40.1 Å². The number of aromatic amines is 1. The predicted molar refractivity (Wildman–Crippen MR) is 80.4 cm³/mol. The third kappa shape index (κ3) is 2.71. The molecule has 2 heterocycles. The van der Waals surface area contributed by atoms with Crippen molar-refractivity contribution in [3.05, 3.63) is 24.0 Å². The van der Waals surface area contributed by atoms with E-state index in [1.54, 1.807) is 6.07 Å². The lowest BCUT2D eigenvalue weighted by Gasteiger charge is -2.19. The van der Waals surface area contributed by atoms with Crippen molar-refractivity contribution in [1.29, 1.82) is 0 Å². The first-order valence-electron chi connectivity index (χ1n) is 7.24. The van der Waals surface area contributed by atoms with Crippen molar-refractivity contribution in [2.24, 2.45) is 5.73 Å². The Morgan fingerprint density at radius 3 is 3.00 bits per heavy atom. The summed E-state index contributed by atoms with van der Waals surface area (Å²) in [5.74, 6) is 1.75. The Morgan fingerprint density at radius 2 is 2.33 bits per heavy atom. The summed E-state index contributed by atoms with van der Waals surface area (Å²) in [7, 11) is 0. The molecule has 1 fully saturated rings. The molecule has 3 N–H and O–H groups in total. The van der Waals surface area contributed by atoms with Gasteiger partial charge in [0.2, 0.25) is 0 Å². The van der Waals surface area contributed by atoms with Crippen molar-refractivity contribution in [3.63, 3.8) is 0 Å². The lowest BCUT2D eigenvalue weighted by Crippen LogP contribution is -2.28. The number of H-pyrrole nitrogens is 1. The van der Waals surface area contributed by atoms with Gasteiger partial charge in [0, 0.05) is 18.5 Å². The van der Waals surface area contributed by atoms with Crippen LogP contribution in [0.2, 0.25) is 0 Å². The van der Waals surface area contributed by atoms with E-state index in [0.29, 0.717) is 23.2 Å². The molecule has 0 spiro atoms. The van der Waals surface area contributed by atoms with Gasteiger partial charge in [0.1, 0.15) is 11.3 Å². The van der Waals surface area contributed by atoms with Crippen molar-refractivity contribution < 1.29 is 9.53 Å². The molecular formula is C15H20N4O2. The maximum atomic E-state index is 10.9. The highest BCUT2D eigenvalue weighted by atomic mass is 16.5. The Morgan fingerprint density at radius 1 is 1.52 bits per heavy atom. The molecule has 2 aromatic rings. The van der Waals surface area contributed by atoms with Crippen LogP contribution in [-0.2, 0) is 0 Å². The number of primary amides is 1. The van der Waals surface area contributed by atoms with Gasteiger partial charge >= 0.3 is 6.09 Å². The van der Waals surface area contributed by atoms with Crippen LogP contribution in [0.15, 0.2) is 18.2 Å². The largest absolute Gasteiger partial charge is 0.410 e. The molecule has 21 heavy (non-hydrogen) atoms. The summed E-state index contributed by atoms with van der Waals surface area (Å²) >= 11 is 0. The van der Waals surface area contributed by atoms with Crippen LogP contribution in [0.1, 0.15) is 32.0 Å². The molecule has 6 nitrogen and oxygen atoms in total. The highest BCUT2D eigenvalue weighted by molar-refractivity contribution is 5.84. The van der Waals surface area contributed by atoms with E-state index in [1.165, 1.54) is 0 Å². The van der Waals surface area contributed by atoms with Gasteiger partial charge in [0.05, 0.1) is 5.52 Å². The number of fused-ring (bicyclic) bond motifs is 1. The van der Waals surface area contributed by atoms with Crippen LogP contribution in [0.5, 0.6) is 5.75 Å². The second-order valence-corrected chi connectivity index (χ2v) is 5.77. The number of carbonyl (C=O) groups excluding carboxylic acids is 1. The SMILES string of the molecule is CC(C)N1CCC(c2nc3c(OC(N)=O)cccc3[nH]2)C1. The van der Waals surface area contributed by atoms with Crippen molar-refractivity contribution in [1.82, 2.24) is 14.9 Å². The van der Waals surface area contributed by atoms with E-state index in [9.17, 15) is 4.79 Å². The minimum Gasteiger partial charge on any atom is -0.408 e. The molecule has 1 aromatic heterocycles. The first kappa shape index (κ1) is 13.9. The first-order valence-corrected chi connectivity index (χ1v) is 7.24. The van der Waals surface area contributed by atoms with Gasteiger partial charge in [-0.05, 0) is 38.9 Å². The molecule has 3 rings (SSSR count). The molecule has 1 aromatic carbocycles. The number of rotatable bonds is 3. The number of hydrogen-bond donors (Lipinski definition) is 2. The zero-order valence-electron chi connectivity index (χ0n) is 12.3. The van der Waals surface area contributed by atoms with E-state index < -0.39 is 6.09 Å². The molecule has 1 amide bonds. The number of benzene rings is 1. The fraction of sp³-hybridized carbons (Fsp3) is 0.467. The number of carbonyl (C=O) groups is 1. The number of nitrogens with two attached hydrogens (primary N) is 1. The van der Waals surface area contributed by atoms with Gasteiger partial charge in [-0.1, -0.05) is 6.07 Å². The van der Waals surface area contributed by atoms with Gasteiger partial charge in [-0.2, -0.15) is 0 Å². The maximum absolute atomic E-state index is 10.9. The number of para-hydroxylation sites is 1.